The number of ether oxygens (including phenoxy) is 1. The van der Waals surface area contributed by atoms with Crippen LogP contribution in [0, 0.1) is 11.6 Å². The van der Waals surface area contributed by atoms with E-state index in [1.807, 2.05) is 0 Å². The lowest BCUT2D eigenvalue weighted by molar-refractivity contribution is -0.154. The van der Waals surface area contributed by atoms with Crippen molar-refractivity contribution in [3.05, 3.63) is 53.4 Å². The number of carbonyl (C=O) groups excluding carboxylic acids is 1. The van der Waals surface area contributed by atoms with Crippen molar-refractivity contribution in [2.75, 3.05) is 6.61 Å². The van der Waals surface area contributed by atoms with Gasteiger partial charge in [-0.05, 0) is 25.1 Å². The van der Waals surface area contributed by atoms with Gasteiger partial charge in [0.15, 0.2) is 23.9 Å². The average molecular weight is 418 g/mol. The molecule has 154 valence electrons. The molecule has 0 saturated heterocycles. The van der Waals surface area contributed by atoms with Gasteiger partial charge in [-0.3, -0.25) is 4.79 Å². The summed E-state index contributed by atoms with van der Waals surface area (Å²) in [4.78, 5) is 16.0. The van der Waals surface area contributed by atoms with Crippen LogP contribution >= 0.6 is 0 Å². The van der Waals surface area contributed by atoms with Gasteiger partial charge in [0.1, 0.15) is 5.52 Å². The molecule has 0 unspecified atom stereocenters. The topological polar surface area (TPSA) is 69.0 Å². The minimum absolute atomic E-state index is 0.119. The monoisotopic (exact) mass is 418 g/mol. The molecule has 3 aromatic rings. The van der Waals surface area contributed by atoms with E-state index in [2.05, 4.69) is 20.1 Å². The molecular formula is C17H12F6N4O2. The highest BCUT2D eigenvalue weighted by Crippen LogP contribution is 2.25. The highest BCUT2D eigenvalue weighted by atomic mass is 19.4. The molecule has 6 nitrogen and oxygen atoms in total. The maximum Gasteiger partial charge on any atom is 0.422 e. The van der Waals surface area contributed by atoms with Gasteiger partial charge in [-0.1, -0.05) is 15.5 Å². The molecule has 2 heterocycles. The van der Waals surface area contributed by atoms with E-state index < -0.39 is 53.0 Å². The fourth-order valence-corrected chi connectivity index (χ4v) is 2.52. The Morgan fingerprint density at radius 1 is 1.24 bits per heavy atom. The van der Waals surface area contributed by atoms with Gasteiger partial charge in [-0.2, -0.15) is 13.2 Å². The summed E-state index contributed by atoms with van der Waals surface area (Å²) in [6, 6.07) is 4.67. The molecule has 1 N–H and O–H groups in total. The largest absolute Gasteiger partial charge is 0.468 e. The highest BCUT2D eigenvalue weighted by Gasteiger charge is 2.29. The first-order valence-electron chi connectivity index (χ1n) is 8.07. The quantitative estimate of drug-likeness (QED) is 0.639. The number of alkyl halides is 3. The zero-order chi connectivity index (χ0) is 21.3. The second-order valence-electron chi connectivity index (χ2n) is 5.96. The van der Waals surface area contributed by atoms with Gasteiger partial charge in [0.25, 0.3) is 5.91 Å². The molecule has 0 radical (unpaired) electrons. The lowest BCUT2D eigenvalue weighted by atomic mass is 10.1. The normalized spacial score (nSPS) is 12.8. The molecule has 0 spiro atoms. The summed E-state index contributed by atoms with van der Waals surface area (Å²) in [6.07, 6.45) is -4.55. The molecule has 0 bridgehead atoms. The SMILES string of the molecule is C[C@@H](NC(=O)c1nn(F)c2ccc(F)c(F)c12)c1cccc(OCC(F)(F)F)n1. The van der Waals surface area contributed by atoms with Crippen LogP contribution in [0.3, 0.4) is 0 Å². The van der Waals surface area contributed by atoms with Crippen molar-refractivity contribution in [2.24, 2.45) is 0 Å². The molecular weight excluding hydrogens is 406 g/mol. The zero-order valence-corrected chi connectivity index (χ0v) is 14.6. The third-order valence-corrected chi connectivity index (χ3v) is 3.83. The van der Waals surface area contributed by atoms with Crippen LogP contribution in [-0.2, 0) is 0 Å². The van der Waals surface area contributed by atoms with Crippen LogP contribution in [0.25, 0.3) is 10.9 Å². The third kappa shape index (κ3) is 4.41. The van der Waals surface area contributed by atoms with Crippen LogP contribution in [0.15, 0.2) is 30.3 Å². The second kappa shape index (κ2) is 7.60. The van der Waals surface area contributed by atoms with Crippen molar-refractivity contribution >= 4 is 16.8 Å². The fraction of sp³-hybridized carbons (Fsp3) is 0.235. The summed E-state index contributed by atoms with van der Waals surface area (Å²) in [5, 5.41) is 4.98. The van der Waals surface area contributed by atoms with Gasteiger partial charge in [0.05, 0.1) is 17.1 Å². The van der Waals surface area contributed by atoms with Crippen molar-refractivity contribution in [2.45, 2.75) is 19.1 Å². The number of rotatable bonds is 5. The number of nitrogens with zero attached hydrogens (tertiary/aromatic N) is 3. The number of nitrogens with one attached hydrogen (secondary N) is 1. The van der Waals surface area contributed by atoms with E-state index in [0.29, 0.717) is 6.07 Å². The summed E-state index contributed by atoms with van der Waals surface area (Å²) in [7, 11) is 0. The molecule has 0 saturated carbocycles. The Morgan fingerprint density at radius 2 is 1.97 bits per heavy atom. The van der Waals surface area contributed by atoms with Gasteiger partial charge in [0.2, 0.25) is 5.88 Å². The highest BCUT2D eigenvalue weighted by molar-refractivity contribution is 6.05. The molecule has 3 rings (SSSR count). The van der Waals surface area contributed by atoms with Crippen LogP contribution in [0.1, 0.15) is 29.1 Å². The number of hydrogen-bond donors (Lipinski definition) is 1. The van der Waals surface area contributed by atoms with Gasteiger partial charge in [0, 0.05) is 6.07 Å². The summed E-state index contributed by atoms with van der Waals surface area (Å²) in [5.41, 5.74) is -1.02. The van der Waals surface area contributed by atoms with E-state index in [0.717, 1.165) is 6.07 Å². The number of pyridine rings is 1. The summed E-state index contributed by atoms with van der Waals surface area (Å²) in [6.45, 7) is -0.117. The molecule has 1 amide bonds. The van der Waals surface area contributed by atoms with Gasteiger partial charge < -0.3 is 10.1 Å². The molecule has 29 heavy (non-hydrogen) atoms. The molecule has 12 heteroatoms. The van der Waals surface area contributed by atoms with E-state index in [9.17, 15) is 31.2 Å². The van der Waals surface area contributed by atoms with Crippen LogP contribution in [-0.4, -0.2) is 33.7 Å². The number of carbonyl (C=O) groups is 1. The molecule has 0 fully saturated rings. The third-order valence-electron chi connectivity index (χ3n) is 3.83. The maximum absolute atomic E-state index is 14.0. The van der Waals surface area contributed by atoms with Crippen molar-refractivity contribution in [1.82, 2.24) is 20.3 Å². The minimum Gasteiger partial charge on any atom is -0.468 e. The van der Waals surface area contributed by atoms with Crippen LogP contribution < -0.4 is 10.1 Å². The summed E-state index contributed by atoms with van der Waals surface area (Å²) in [5.74, 6) is -4.09. The van der Waals surface area contributed by atoms with E-state index >= 15 is 0 Å². The maximum atomic E-state index is 14.0. The number of amides is 1. The number of aromatic nitrogens is 3. The zero-order valence-electron chi connectivity index (χ0n) is 14.6. The molecule has 1 atom stereocenters. The van der Waals surface area contributed by atoms with Crippen LogP contribution in [0.5, 0.6) is 5.88 Å². The van der Waals surface area contributed by atoms with E-state index in [4.69, 9.17) is 0 Å². The number of halogens is 6. The summed E-state index contributed by atoms with van der Waals surface area (Å²) >= 11 is 0. The standard InChI is InChI=1S/C17H12F6N4O2/c1-8(10-3-2-4-12(25-10)29-7-17(20,21)22)24-16(28)15-13-11(27(23)26-15)6-5-9(18)14(13)19/h2-6,8H,7H2,1H3,(H,24,28)/t8-/m1/s1. The van der Waals surface area contributed by atoms with E-state index in [-0.39, 0.29) is 16.5 Å². The van der Waals surface area contributed by atoms with E-state index in [1.54, 1.807) is 0 Å². The first-order valence-corrected chi connectivity index (χ1v) is 8.07. The molecule has 0 aliphatic carbocycles. The van der Waals surface area contributed by atoms with Crippen molar-refractivity contribution in [1.29, 1.82) is 0 Å². The van der Waals surface area contributed by atoms with Crippen LogP contribution in [0.2, 0.25) is 0 Å². The smallest absolute Gasteiger partial charge is 0.422 e. The Labute approximate surface area is 159 Å². The second-order valence-corrected chi connectivity index (χ2v) is 5.96. The number of hydrogen-bond acceptors (Lipinski definition) is 4. The molecule has 0 aliphatic heterocycles. The Bertz CT molecular complexity index is 1070. The van der Waals surface area contributed by atoms with Crippen molar-refractivity contribution in [3.8, 4) is 5.88 Å². The minimum atomic E-state index is -4.55. The lowest BCUT2D eigenvalue weighted by Gasteiger charge is -2.14. The Kier molecular flexibility index (Phi) is 5.36. The van der Waals surface area contributed by atoms with E-state index in [1.165, 1.54) is 25.1 Å². The van der Waals surface area contributed by atoms with Crippen molar-refractivity contribution in [3.63, 3.8) is 0 Å². The van der Waals surface area contributed by atoms with Crippen LogP contribution in [0.4, 0.5) is 26.4 Å². The molecule has 2 aromatic heterocycles. The predicted octanol–water partition coefficient (Wildman–Crippen LogP) is 3.87. The van der Waals surface area contributed by atoms with Gasteiger partial charge in [-0.25, -0.2) is 13.8 Å². The lowest BCUT2D eigenvalue weighted by Crippen LogP contribution is -2.28. The fourth-order valence-electron chi connectivity index (χ4n) is 2.52. The van der Waals surface area contributed by atoms with Gasteiger partial charge in [-0.15, -0.1) is 5.10 Å². The molecule has 0 aliphatic rings. The first kappa shape index (κ1) is 20.4. The summed E-state index contributed by atoms with van der Waals surface area (Å²) < 4.78 is 82.5. The molecule has 1 aromatic carbocycles. The van der Waals surface area contributed by atoms with Crippen molar-refractivity contribution < 1.29 is 36.0 Å². The first-order chi connectivity index (χ1) is 13.6. The Hall–Kier alpha value is -3.31. The number of fused-ring (bicyclic) bond motifs is 1. The number of benzene rings is 1. The Balaban J connectivity index is 1.81. The Morgan fingerprint density at radius 3 is 2.66 bits per heavy atom. The predicted molar refractivity (Wildman–Crippen MR) is 87.8 cm³/mol. The van der Waals surface area contributed by atoms with Gasteiger partial charge >= 0.3 is 6.18 Å². The average Bonchev–Trinajstić information content (AvgIpc) is 3.00.